The molecular formula is C19H18ClF3N2O2S2. The van der Waals surface area contributed by atoms with Crippen molar-refractivity contribution in [2.45, 2.75) is 31.7 Å². The fraction of sp³-hybridized carbons (Fsp3) is 0.316. The normalized spacial score (nSPS) is 13.6. The maximum atomic E-state index is 13.7. The van der Waals surface area contributed by atoms with E-state index in [2.05, 4.69) is 9.38 Å². The first-order chi connectivity index (χ1) is 13.4. The van der Waals surface area contributed by atoms with Crippen molar-refractivity contribution in [3.8, 4) is 11.3 Å². The quantitative estimate of drug-likeness (QED) is 0.336. The van der Waals surface area contributed by atoms with E-state index in [0.717, 1.165) is 18.3 Å². The summed E-state index contributed by atoms with van der Waals surface area (Å²) in [5.41, 5.74) is -0.935. The van der Waals surface area contributed by atoms with E-state index in [0.29, 0.717) is 5.56 Å². The topological polar surface area (TPSA) is 57.5 Å². The van der Waals surface area contributed by atoms with Crippen LogP contribution in [0.15, 0.2) is 34.9 Å². The van der Waals surface area contributed by atoms with E-state index in [-0.39, 0.29) is 26.9 Å². The molecule has 0 amide bonds. The number of hydrogen-bond donors (Lipinski definition) is 0. The van der Waals surface area contributed by atoms with Gasteiger partial charge in [-0.3, -0.25) is 4.98 Å². The zero-order valence-corrected chi connectivity index (χ0v) is 18.4. The smallest absolute Gasteiger partial charge is 0.417 e. The molecule has 0 radical (unpaired) electrons. The summed E-state index contributed by atoms with van der Waals surface area (Å²) < 4.78 is 61.6. The molecule has 2 rings (SSSR count). The first kappa shape index (κ1) is 23.6. The Morgan fingerprint density at radius 1 is 1.28 bits per heavy atom. The van der Waals surface area contributed by atoms with Gasteiger partial charge in [0.2, 0.25) is 0 Å². The zero-order valence-electron chi connectivity index (χ0n) is 16.0. The summed E-state index contributed by atoms with van der Waals surface area (Å²) in [4.78, 5) is 4.18. The number of halogens is 4. The molecule has 10 heteroatoms. The molecular weight excluding hydrogens is 445 g/mol. The Kier molecular flexibility index (Phi) is 7.32. The summed E-state index contributed by atoms with van der Waals surface area (Å²) in [5.74, 6) is 0. The molecule has 0 aliphatic heterocycles. The number of aromatic nitrogens is 1. The average molecular weight is 463 g/mol. The van der Waals surface area contributed by atoms with Gasteiger partial charge in [-0.25, -0.2) is 0 Å². The predicted molar refractivity (Wildman–Crippen MR) is 114 cm³/mol. The third-order valence-corrected chi connectivity index (χ3v) is 5.80. The molecule has 0 N–H and O–H groups in total. The molecule has 4 nitrogen and oxygen atoms in total. The lowest BCUT2D eigenvalue weighted by Crippen LogP contribution is -2.26. The van der Waals surface area contributed by atoms with Crippen LogP contribution in [0.3, 0.4) is 0 Å². The van der Waals surface area contributed by atoms with Crippen molar-refractivity contribution in [3.63, 3.8) is 0 Å². The lowest BCUT2D eigenvalue weighted by Gasteiger charge is -2.19. The van der Waals surface area contributed by atoms with E-state index in [4.69, 9.17) is 28.6 Å². The third-order valence-electron chi connectivity index (χ3n) is 3.75. The van der Waals surface area contributed by atoms with Crippen molar-refractivity contribution in [2.24, 2.45) is 4.40 Å². The number of nitrogens with zero attached hydrogens (tertiary/aromatic N) is 2. The van der Waals surface area contributed by atoms with Crippen molar-refractivity contribution in [1.82, 2.24) is 4.98 Å². The Labute approximate surface area is 180 Å². The number of thiocarbonyl (C=S) groups is 1. The molecule has 0 spiro atoms. The lowest BCUT2D eigenvalue weighted by atomic mass is 9.96. The molecule has 156 valence electrons. The van der Waals surface area contributed by atoms with Crippen molar-refractivity contribution in [1.29, 1.82) is 0 Å². The van der Waals surface area contributed by atoms with E-state index >= 15 is 0 Å². The Balaban J connectivity index is 2.83. The minimum Gasteiger partial charge on any atom is -0.591 e. The van der Waals surface area contributed by atoms with Crippen molar-refractivity contribution < 1.29 is 22.5 Å². The van der Waals surface area contributed by atoms with Crippen LogP contribution < -0.4 is 0 Å². The molecule has 0 bridgehead atoms. The van der Waals surface area contributed by atoms with Crippen LogP contribution in [0.1, 0.15) is 37.5 Å². The standard InChI is InChI=1S/C19H18ClF3N2O2S2/c1-18(2,3)29(26)25-10-12-13(19(21,22)23)7-8-14(20)15(12)16-11(17(28)27-4)6-5-9-24-16/h5-10H,1-4H3. The molecule has 0 saturated heterocycles. The number of methoxy groups -OCH3 is 1. The van der Waals surface area contributed by atoms with Gasteiger partial charge < -0.3 is 9.29 Å². The first-order valence-corrected chi connectivity index (χ1v) is 10.2. The molecule has 1 heterocycles. The summed E-state index contributed by atoms with van der Waals surface area (Å²) in [5, 5.41) is 0.0579. The van der Waals surface area contributed by atoms with Crippen molar-refractivity contribution in [2.75, 3.05) is 7.11 Å². The van der Waals surface area contributed by atoms with Crippen LogP contribution in [-0.2, 0) is 22.3 Å². The third kappa shape index (κ3) is 5.48. The van der Waals surface area contributed by atoms with E-state index in [1.54, 1.807) is 32.9 Å². The molecule has 29 heavy (non-hydrogen) atoms. The van der Waals surface area contributed by atoms with Crippen LogP contribution in [-0.4, -0.2) is 32.7 Å². The van der Waals surface area contributed by atoms with Crippen molar-refractivity contribution in [3.05, 3.63) is 52.2 Å². The van der Waals surface area contributed by atoms with Gasteiger partial charge >= 0.3 is 6.18 Å². The summed E-state index contributed by atoms with van der Waals surface area (Å²) >= 11 is 9.66. The van der Waals surface area contributed by atoms with E-state index in [1.165, 1.54) is 13.3 Å². The highest BCUT2D eigenvalue weighted by Gasteiger charge is 2.36. The van der Waals surface area contributed by atoms with Crippen LogP contribution in [0.5, 0.6) is 0 Å². The summed E-state index contributed by atoms with van der Waals surface area (Å²) in [6.45, 7) is 4.99. The Bertz CT molecular complexity index is 944. The molecule has 0 saturated carbocycles. The van der Waals surface area contributed by atoms with E-state index in [1.807, 2.05) is 0 Å². The van der Waals surface area contributed by atoms with Gasteiger partial charge in [-0.05, 0) is 57.3 Å². The predicted octanol–water partition coefficient (Wildman–Crippen LogP) is 5.62. The molecule has 0 fully saturated rings. The van der Waals surface area contributed by atoms with Crippen LogP contribution in [0.2, 0.25) is 5.02 Å². The largest absolute Gasteiger partial charge is 0.591 e. The second-order valence-corrected chi connectivity index (χ2v) is 9.58. The summed E-state index contributed by atoms with van der Waals surface area (Å²) in [7, 11) is 1.35. The fourth-order valence-corrected chi connectivity index (χ4v) is 3.29. The highest BCUT2D eigenvalue weighted by molar-refractivity contribution is 7.91. The number of hydrogen-bond acceptors (Lipinski definition) is 5. The zero-order chi connectivity index (χ0) is 22.0. The van der Waals surface area contributed by atoms with Gasteiger partial charge in [0.25, 0.3) is 0 Å². The second kappa shape index (κ2) is 8.99. The Hall–Kier alpha value is -1.68. The van der Waals surface area contributed by atoms with Gasteiger partial charge in [-0.2, -0.15) is 13.2 Å². The first-order valence-electron chi connectivity index (χ1n) is 8.27. The minimum absolute atomic E-state index is 0.0137. The molecule has 0 aliphatic rings. The Morgan fingerprint density at radius 2 is 1.93 bits per heavy atom. The van der Waals surface area contributed by atoms with Gasteiger partial charge in [0, 0.05) is 17.3 Å². The second-order valence-electron chi connectivity index (χ2n) is 6.87. The van der Waals surface area contributed by atoms with Crippen molar-refractivity contribution >= 4 is 46.4 Å². The van der Waals surface area contributed by atoms with Crippen LogP contribution in [0, 0.1) is 0 Å². The highest BCUT2D eigenvalue weighted by Crippen LogP contribution is 2.40. The summed E-state index contributed by atoms with van der Waals surface area (Å²) in [6.07, 6.45) is -2.36. The maximum Gasteiger partial charge on any atom is 0.417 e. The molecule has 1 atom stereocenters. The fourth-order valence-electron chi connectivity index (χ4n) is 2.35. The molecule has 1 unspecified atom stereocenters. The van der Waals surface area contributed by atoms with Gasteiger partial charge in [-0.1, -0.05) is 16.0 Å². The monoisotopic (exact) mass is 462 g/mol. The van der Waals surface area contributed by atoms with Gasteiger partial charge in [0.05, 0.1) is 35.2 Å². The van der Waals surface area contributed by atoms with Gasteiger partial charge in [0.1, 0.15) is 16.1 Å². The van der Waals surface area contributed by atoms with Gasteiger partial charge in [0.15, 0.2) is 5.05 Å². The Morgan fingerprint density at radius 3 is 2.48 bits per heavy atom. The SMILES string of the molecule is COC(=S)c1cccnc1-c1c(Cl)ccc(C(F)(F)F)c1C=N[S+]([O-])C(C)(C)C. The maximum absolute atomic E-state index is 13.7. The number of alkyl halides is 3. The van der Waals surface area contributed by atoms with E-state index in [9.17, 15) is 17.7 Å². The van der Waals surface area contributed by atoms with Gasteiger partial charge in [-0.15, -0.1) is 0 Å². The molecule has 0 aliphatic carbocycles. The molecule has 1 aromatic heterocycles. The van der Waals surface area contributed by atoms with Crippen LogP contribution in [0.4, 0.5) is 13.2 Å². The number of pyridine rings is 1. The lowest BCUT2D eigenvalue weighted by molar-refractivity contribution is -0.137. The number of rotatable bonds is 4. The minimum atomic E-state index is -4.69. The summed E-state index contributed by atoms with van der Waals surface area (Å²) in [6, 6.07) is 5.13. The molecule has 2 aromatic rings. The molecule has 1 aromatic carbocycles. The van der Waals surface area contributed by atoms with E-state index < -0.39 is 27.8 Å². The highest BCUT2D eigenvalue weighted by atomic mass is 35.5. The number of benzene rings is 1. The van der Waals surface area contributed by atoms with Crippen LogP contribution in [0.25, 0.3) is 11.3 Å². The average Bonchev–Trinajstić information content (AvgIpc) is 2.63. The number of ether oxygens (including phenoxy) is 1. The van der Waals surface area contributed by atoms with Crippen LogP contribution >= 0.6 is 23.8 Å².